The maximum absolute atomic E-state index is 13.8. The molecule has 10 heteroatoms. The van der Waals surface area contributed by atoms with Gasteiger partial charge in [-0.15, -0.1) is 0 Å². The van der Waals surface area contributed by atoms with Crippen molar-refractivity contribution in [2.24, 2.45) is 0 Å². The molecule has 198 valence electrons. The van der Waals surface area contributed by atoms with E-state index in [1.165, 1.54) is 17.3 Å². The van der Waals surface area contributed by atoms with Crippen molar-refractivity contribution in [3.8, 4) is 11.8 Å². The zero-order valence-electron chi connectivity index (χ0n) is 21.1. The van der Waals surface area contributed by atoms with Gasteiger partial charge in [-0.25, -0.2) is 9.78 Å². The molecule has 1 aromatic heterocycles. The van der Waals surface area contributed by atoms with E-state index >= 15 is 0 Å². The molecule has 1 atom stereocenters. The SMILES string of the molecule is CN1C(=O)[C@H](NC(=O)N/C=C(\C=N)Cc2cccnc2F)CCc2ccc(C#CC3(O)CCOCC3)cc21. The molecule has 2 aliphatic rings. The minimum atomic E-state index is -1.08. The lowest BCUT2D eigenvalue weighted by Gasteiger charge is -2.26. The lowest BCUT2D eigenvalue weighted by atomic mass is 9.94. The Hall–Kier alpha value is -4.07. The summed E-state index contributed by atoms with van der Waals surface area (Å²) in [6, 6.07) is 7.38. The van der Waals surface area contributed by atoms with Crippen molar-refractivity contribution in [2.75, 3.05) is 25.2 Å². The number of halogens is 1. The maximum Gasteiger partial charge on any atom is 0.319 e. The molecule has 2 aromatic rings. The molecule has 38 heavy (non-hydrogen) atoms. The number of hydrogen-bond acceptors (Lipinski definition) is 6. The Bertz CT molecular complexity index is 1310. The highest BCUT2D eigenvalue weighted by Gasteiger charge is 2.30. The molecule has 0 saturated carbocycles. The third kappa shape index (κ3) is 6.62. The van der Waals surface area contributed by atoms with E-state index in [1.54, 1.807) is 19.2 Å². The van der Waals surface area contributed by atoms with Crippen LogP contribution >= 0.6 is 0 Å². The van der Waals surface area contributed by atoms with Crippen LogP contribution in [-0.4, -0.2) is 60.1 Å². The van der Waals surface area contributed by atoms with Crippen LogP contribution < -0.4 is 15.5 Å². The summed E-state index contributed by atoms with van der Waals surface area (Å²) >= 11 is 0. The van der Waals surface area contributed by atoms with Crippen molar-refractivity contribution in [1.82, 2.24) is 15.6 Å². The number of pyridine rings is 1. The number of aromatic nitrogens is 1. The summed E-state index contributed by atoms with van der Waals surface area (Å²) in [5, 5.41) is 23.4. The van der Waals surface area contributed by atoms with Crippen LogP contribution in [0.1, 0.15) is 36.0 Å². The van der Waals surface area contributed by atoms with Crippen molar-refractivity contribution in [3.05, 3.63) is 70.9 Å². The van der Waals surface area contributed by atoms with E-state index in [9.17, 15) is 19.1 Å². The highest BCUT2D eigenvalue weighted by molar-refractivity contribution is 6.00. The molecule has 3 amide bonds. The molecule has 2 aliphatic heterocycles. The van der Waals surface area contributed by atoms with E-state index in [2.05, 4.69) is 27.5 Å². The summed E-state index contributed by atoms with van der Waals surface area (Å²) in [7, 11) is 1.65. The summed E-state index contributed by atoms with van der Waals surface area (Å²) < 4.78 is 19.1. The minimum Gasteiger partial charge on any atom is -0.381 e. The topological polar surface area (TPSA) is 128 Å². The lowest BCUT2D eigenvalue weighted by Crippen LogP contribution is -2.49. The highest BCUT2D eigenvalue weighted by Crippen LogP contribution is 2.28. The first-order valence-electron chi connectivity index (χ1n) is 12.4. The van der Waals surface area contributed by atoms with Gasteiger partial charge in [0.1, 0.15) is 11.6 Å². The second-order valence-corrected chi connectivity index (χ2v) is 9.34. The molecule has 1 fully saturated rings. The number of carbonyl (C=O) groups excluding carboxylic acids is 2. The van der Waals surface area contributed by atoms with Crippen molar-refractivity contribution in [3.63, 3.8) is 0 Å². The Balaban J connectivity index is 1.40. The van der Waals surface area contributed by atoms with Gasteiger partial charge in [-0.3, -0.25) is 4.79 Å². The number of carbonyl (C=O) groups is 2. The van der Waals surface area contributed by atoms with Gasteiger partial charge in [0.15, 0.2) is 0 Å². The molecule has 0 radical (unpaired) electrons. The maximum atomic E-state index is 13.8. The van der Waals surface area contributed by atoms with Gasteiger partial charge < -0.3 is 30.8 Å². The average Bonchev–Trinajstić information content (AvgIpc) is 3.03. The summed E-state index contributed by atoms with van der Waals surface area (Å²) in [6.45, 7) is 0.937. The summed E-state index contributed by atoms with van der Waals surface area (Å²) in [5.74, 6) is 5.08. The van der Waals surface area contributed by atoms with Crippen LogP contribution in [-0.2, 0) is 22.4 Å². The highest BCUT2D eigenvalue weighted by atomic mass is 19.1. The molecule has 1 saturated heterocycles. The number of hydrogen-bond donors (Lipinski definition) is 4. The molecule has 4 N–H and O–H groups in total. The first kappa shape index (κ1) is 27.0. The Morgan fingerprint density at radius 2 is 2.16 bits per heavy atom. The van der Waals surface area contributed by atoms with Crippen molar-refractivity contribution >= 4 is 23.8 Å². The number of anilines is 1. The van der Waals surface area contributed by atoms with Gasteiger partial charge in [0, 0.05) is 61.7 Å². The lowest BCUT2D eigenvalue weighted by molar-refractivity contribution is -0.120. The Labute approximate surface area is 220 Å². The quantitative estimate of drug-likeness (QED) is 0.274. The van der Waals surface area contributed by atoms with Crippen LogP contribution in [0, 0.1) is 23.2 Å². The third-order valence-corrected chi connectivity index (χ3v) is 6.65. The fraction of sp³-hybridized carbons (Fsp3) is 0.357. The number of amides is 3. The molecule has 0 aliphatic carbocycles. The molecule has 4 rings (SSSR count). The van der Waals surface area contributed by atoms with E-state index in [-0.39, 0.29) is 12.3 Å². The Kier molecular flexibility index (Phi) is 8.51. The first-order valence-corrected chi connectivity index (χ1v) is 12.4. The fourth-order valence-electron chi connectivity index (χ4n) is 4.37. The van der Waals surface area contributed by atoms with Crippen molar-refractivity contribution in [2.45, 2.75) is 43.7 Å². The standard InChI is InChI=1S/C28H30FN5O4/c1-34-24-16-19(8-9-28(37)10-13-38-14-11-28)4-5-21(24)6-7-23(26(34)35)33-27(36)32-18-20(17-30)15-22-3-2-12-31-25(22)29/h2-5,12,16-18,23,30,37H,6-7,10-11,13-15H2,1H3,(H2,32,33,36)/b20-18-,30-17?/t23-/m1/s1. The number of ether oxygens (including phenoxy) is 1. The summed E-state index contributed by atoms with van der Waals surface area (Å²) in [4.78, 5) is 30.8. The zero-order valence-corrected chi connectivity index (χ0v) is 21.1. The van der Waals surface area contributed by atoms with Gasteiger partial charge in [-0.2, -0.15) is 4.39 Å². The van der Waals surface area contributed by atoms with Gasteiger partial charge in [0.2, 0.25) is 11.9 Å². The Morgan fingerprint density at radius 1 is 1.37 bits per heavy atom. The van der Waals surface area contributed by atoms with Gasteiger partial charge >= 0.3 is 6.03 Å². The molecule has 0 bridgehead atoms. The predicted molar refractivity (Wildman–Crippen MR) is 140 cm³/mol. The summed E-state index contributed by atoms with van der Waals surface area (Å²) in [5.41, 5.74) is 1.92. The number of rotatable bonds is 5. The number of aliphatic hydroxyl groups is 1. The number of fused-ring (bicyclic) bond motifs is 1. The number of likely N-dealkylation sites (N-methyl/N-ethyl adjacent to an activating group) is 1. The third-order valence-electron chi connectivity index (χ3n) is 6.65. The fourth-order valence-corrected chi connectivity index (χ4v) is 4.37. The van der Waals surface area contributed by atoms with Crippen molar-refractivity contribution in [1.29, 1.82) is 5.41 Å². The smallest absolute Gasteiger partial charge is 0.319 e. The number of benzene rings is 1. The van der Waals surface area contributed by atoms with E-state index in [4.69, 9.17) is 10.1 Å². The monoisotopic (exact) mass is 519 g/mol. The van der Waals surface area contributed by atoms with Crippen LogP contribution in [0.25, 0.3) is 0 Å². The largest absolute Gasteiger partial charge is 0.381 e. The number of allylic oxidation sites excluding steroid dienone is 1. The predicted octanol–water partition coefficient (Wildman–Crippen LogP) is 2.47. The van der Waals surface area contributed by atoms with Gasteiger partial charge in [-0.05, 0) is 42.2 Å². The molecule has 1 aromatic carbocycles. The molecule has 3 heterocycles. The average molecular weight is 520 g/mol. The second-order valence-electron chi connectivity index (χ2n) is 9.34. The van der Waals surface area contributed by atoms with E-state index in [1.807, 2.05) is 18.2 Å². The van der Waals surface area contributed by atoms with E-state index in [0.29, 0.717) is 61.3 Å². The first-order chi connectivity index (χ1) is 18.3. The molecular weight excluding hydrogens is 489 g/mol. The van der Waals surface area contributed by atoms with Crippen LogP contribution in [0.2, 0.25) is 0 Å². The van der Waals surface area contributed by atoms with Crippen LogP contribution in [0.4, 0.5) is 14.9 Å². The number of aryl methyl sites for hydroxylation is 1. The van der Waals surface area contributed by atoms with Crippen LogP contribution in [0.15, 0.2) is 48.3 Å². The van der Waals surface area contributed by atoms with Gasteiger partial charge in [0.25, 0.3) is 0 Å². The molecular formula is C28H30FN5O4. The van der Waals surface area contributed by atoms with E-state index < -0.39 is 23.6 Å². The van der Waals surface area contributed by atoms with Crippen molar-refractivity contribution < 1.29 is 23.8 Å². The van der Waals surface area contributed by atoms with Crippen LogP contribution in [0.3, 0.4) is 0 Å². The van der Waals surface area contributed by atoms with Gasteiger partial charge in [-0.1, -0.05) is 24.0 Å². The molecule has 9 nitrogen and oxygen atoms in total. The number of urea groups is 1. The minimum absolute atomic E-state index is 0.0836. The summed E-state index contributed by atoms with van der Waals surface area (Å²) in [6.07, 6.45) is 5.62. The van der Waals surface area contributed by atoms with E-state index in [0.717, 1.165) is 11.8 Å². The second kappa shape index (κ2) is 12.0. The molecule has 0 unspecified atom stereocenters. The Morgan fingerprint density at radius 3 is 2.89 bits per heavy atom. The normalized spacial score (nSPS) is 18.9. The molecule has 0 spiro atoms. The van der Waals surface area contributed by atoms with Gasteiger partial charge in [0.05, 0.1) is 13.2 Å². The number of nitrogens with zero attached hydrogens (tertiary/aromatic N) is 2. The number of nitrogens with one attached hydrogen (secondary N) is 3. The van der Waals surface area contributed by atoms with Crippen LogP contribution in [0.5, 0.6) is 0 Å². The zero-order chi connectivity index (χ0) is 27.1.